The van der Waals surface area contributed by atoms with E-state index in [1.807, 2.05) is 0 Å². The van der Waals surface area contributed by atoms with Gasteiger partial charge in [-0.15, -0.1) is 0 Å². The van der Waals surface area contributed by atoms with Crippen LogP contribution in [0.2, 0.25) is 0 Å². The molecule has 1 saturated heterocycles. The third kappa shape index (κ3) is 2.07. The van der Waals surface area contributed by atoms with Crippen molar-refractivity contribution in [3.8, 4) is 0 Å². The Morgan fingerprint density at radius 2 is 2.11 bits per heavy atom. The maximum absolute atomic E-state index is 13.8. The van der Waals surface area contributed by atoms with Gasteiger partial charge in [0.25, 0.3) is 5.91 Å². The number of aliphatic imine (C=N–C) groups is 1. The third-order valence-electron chi connectivity index (χ3n) is 3.38. The van der Waals surface area contributed by atoms with Crippen LogP contribution in [0.4, 0.5) is 8.78 Å². The summed E-state index contributed by atoms with van der Waals surface area (Å²) in [6.45, 7) is 1.55. The molecular formula is C13H13F2N3O. The summed E-state index contributed by atoms with van der Waals surface area (Å²) < 4.78 is 26.8. The minimum absolute atomic E-state index is 0.104. The van der Waals surface area contributed by atoms with E-state index in [0.717, 1.165) is 25.0 Å². The second kappa shape index (κ2) is 4.01. The number of hydrogen-bond donors (Lipinski definition) is 2. The molecule has 3 rings (SSSR count). The number of amides is 1. The van der Waals surface area contributed by atoms with E-state index in [0.29, 0.717) is 5.96 Å². The van der Waals surface area contributed by atoms with E-state index < -0.39 is 23.1 Å². The Morgan fingerprint density at radius 3 is 2.74 bits per heavy atom. The second-order valence-electron chi connectivity index (χ2n) is 5.04. The molecule has 1 amide bonds. The molecule has 2 fully saturated rings. The van der Waals surface area contributed by atoms with Crippen molar-refractivity contribution < 1.29 is 13.6 Å². The van der Waals surface area contributed by atoms with E-state index in [9.17, 15) is 13.6 Å². The first-order valence-electron chi connectivity index (χ1n) is 6.12. The van der Waals surface area contributed by atoms with Gasteiger partial charge in [0.1, 0.15) is 17.2 Å². The topological polar surface area (TPSA) is 53.5 Å². The monoisotopic (exact) mass is 265 g/mol. The highest BCUT2D eigenvalue weighted by Gasteiger charge is 2.44. The number of nitrogens with zero attached hydrogens (tertiary/aromatic N) is 1. The molecule has 6 heteroatoms. The predicted octanol–water partition coefficient (Wildman–Crippen LogP) is 1.42. The minimum Gasteiger partial charge on any atom is -0.338 e. The molecular weight excluding hydrogens is 252 g/mol. The number of carbonyl (C=O) groups excluding carboxylic acids is 1. The van der Waals surface area contributed by atoms with Crippen molar-refractivity contribution in [2.45, 2.75) is 31.3 Å². The van der Waals surface area contributed by atoms with Crippen LogP contribution in [-0.4, -0.2) is 17.9 Å². The Balaban J connectivity index is 1.95. The van der Waals surface area contributed by atoms with Gasteiger partial charge in [-0.3, -0.25) is 10.1 Å². The zero-order valence-electron chi connectivity index (χ0n) is 10.3. The molecule has 2 N–H and O–H groups in total. The van der Waals surface area contributed by atoms with Gasteiger partial charge in [0.2, 0.25) is 0 Å². The molecule has 100 valence electrons. The van der Waals surface area contributed by atoms with Crippen LogP contribution in [0.25, 0.3) is 0 Å². The SMILES string of the molecule is CC1(c2ccc(F)cc2F)NC(=NC2CC2)NC1=O. The highest BCUT2D eigenvalue weighted by Crippen LogP contribution is 2.29. The van der Waals surface area contributed by atoms with Crippen molar-refractivity contribution in [3.05, 3.63) is 35.4 Å². The molecule has 0 spiro atoms. The van der Waals surface area contributed by atoms with Gasteiger partial charge in [-0.2, -0.15) is 0 Å². The fourth-order valence-electron chi connectivity index (χ4n) is 2.09. The number of nitrogens with one attached hydrogen (secondary N) is 2. The van der Waals surface area contributed by atoms with Gasteiger partial charge in [0, 0.05) is 11.6 Å². The molecule has 19 heavy (non-hydrogen) atoms. The normalized spacial score (nSPS) is 28.4. The molecule has 0 bridgehead atoms. The average molecular weight is 265 g/mol. The summed E-state index contributed by atoms with van der Waals surface area (Å²) in [7, 11) is 0. The smallest absolute Gasteiger partial charge is 0.256 e. The molecule has 1 aliphatic heterocycles. The van der Waals surface area contributed by atoms with Gasteiger partial charge in [0.15, 0.2) is 5.96 Å². The molecule has 1 aliphatic carbocycles. The van der Waals surface area contributed by atoms with Crippen LogP contribution in [0.15, 0.2) is 23.2 Å². The molecule has 0 radical (unpaired) electrons. The Bertz CT molecular complexity index is 583. The van der Waals surface area contributed by atoms with Gasteiger partial charge in [-0.1, -0.05) is 6.07 Å². The van der Waals surface area contributed by atoms with E-state index in [4.69, 9.17) is 0 Å². The number of halogens is 2. The van der Waals surface area contributed by atoms with Gasteiger partial charge < -0.3 is 5.32 Å². The van der Waals surface area contributed by atoms with E-state index in [1.54, 1.807) is 6.92 Å². The molecule has 1 unspecified atom stereocenters. The second-order valence-corrected chi connectivity index (χ2v) is 5.04. The molecule has 1 atom stereocenters. The summed E-state index contributed by atoms with van der Waals surface area (Å²) >= 11 is 0. The van der Waals surface area contributed by atoms with E-state index >= 15 is 0 Å². The average Bonchev–Trinajstić information content (AvgIpc) is 3.07. The zero-order valence-corrected chi connectivity index (χ0v) is 10.3. The van der Waals surface area contributed by atoms with E-state index in [-0.39, 0.29) is 11.6 Å². The number of guanidine groups is 1. The number of rotatable bonds is 2. The molecule has 1 heterocycles. The first-order valence-corrected chi connectivity index (χ1v) is 6.12. The van der Waals surface area contributed by atoms with Crippen LogP contribution in [-0.2, 0) is 10.3 Å². The minimum atomic E-state index is -1.26. The van der Waals surface area contributed by atoms with E-state index in [2.05, 4.69) is 15.6 Å². The van der Waals surface area contributed by atoms with Gasteiger partial charge >= 0.3 is 0 Å². The molecule has 4 nitrogen and oxygen atoms in total. The standard InChI is InChI=1S/C13H13F2N3O/c1-13(9-5-2-7(14)6-10(9)15)11(19)17-12(18-13)16-8-3-4-8/h2,5-6,8H,3-4H2,1H3,(H2,16,17,18,19). The first-order chi connectivity index (χ1) is 8.99. The van der Waals surface area contributed by atoms with E-state index in [1.165, 1.54) is 6.07 Å². The molecule has 1 aromatic carbocycles. The van der Waals surface area contributed by atoms with Crippen molar-refractivity contribution in [1.29, 1.82) is 0 Å². The van der Waals surface area contributed by atoms with Crippen molar-refractivity contribution >= 4 is 11.9 Å². The first kappa shape index (κ1) is 12.1. The maximum Gasteiger partial charge on any atom is 0.256 e. The maximum atomic E-state index is 13.8. The molecule has 2 aliphatic rings. The van der Waals surface area contributed by atoms with Crippen molar-refractivity contribution in [1.82, 2.24) is 10.6 Å². The highest BCUT2D eigenvalue weighted by atomic mass is 19.1. The van der Waals surface area contributed by atoms with Crippen molar-refractivity contribution in [2.24, 2.45) is 4.99 Å². The van der Waals surface area contributed by atoms with Crippen LogP contribution < -0.4 is 10.6 Å². The van der Waals surface area contributed by atoms with Crippen LogP contribution in [0.3, 0.4) is 0 Å². The number of hydrogen-bond acceptors (Lipinski definition) is 2. The molecule has 1 aromatic rings. The summed E-state index contributed by atoms with van der Waals surface area (Å²) in [5.41, 5.74) is -1.15. The summed E-state index contributed by atoms with van der Waals surface area (Å²) in [5, 5.41) is 5.49. The van der Waals surface area contributed by atoms with Crippen LogP contribution in [0, 0.1) is 11.6 Å². The lowest BCUT2D eigenvalue weighted by molar-refractivity contribution is -0.123. The number of benzene rings is 1. The zero-order chi connectivity index (χ0) is 13.6. The van der Waals surface area contributed by atoms with Crippen LogP contribution in [0.1, 0.15) is 25.3 Å². The lowest BCUT2D eigenvalue weighted by atomic mass is 9.92. The Kier molecular flexibility index (Phi) is 2.55. The fraction of sp³-hybridized carbons (Fsp3) is 0.385. The summed E-state index contributed by atoms with van der Waals surface area (Å²) in [6.07, 6.45) is 2.01. The quantitative estimate of drug-likeness (QED) is 0.849. The Hall–Kier alpha value is -1.98. The van der Waals surface area contributed by atoms with Crippen molar-refractivity contribution in [2.75, 3.05) is 0 Å². The predicted molar refractivity (Wildman–Crippen MR) is 65.4 cm³/mol. The summed E-state index contributed by atoms with van der Waals surface area (Å²) in [6, 6.07) is 3.42. The Morgan fingerprint density at radius 1 is 1.37 bits per heavy atom. The third-order valence-corrected chi connectivity index (χ3v) is 3.38. The van der Waals surface area contributed by atoms with Crippen LogP contribution >= 0.6 is 0 Å². The van der Waals surface area contributed by atoms with Gasteiger partial charge in [-0.05, 0) is 25.8 Å². The summed E-state index contributed by atoms with van der Waals surface area (Å²) in [5.74, 6) is -1.45. The van der Waals surface area contributed by atoms with Gasteiger partial charge in [-0.25, -0.2) is 13.8 Å². The van der Waals surface area contributed by atoms with Crippen LogP contribution in [0.5, 0.6) is 0 Å². The largest absolute Gasteiger partial charge is 0.338 e. The van der Waals surface area contributed by atoms with Crippen molar-refractivity contribution in [3.63, 3.8) is 0 Å². The summed E-state index contributed by atoms with van der Waals surface area (Å²) in [4.78, 5) is 16.3. The Labute approximate surface area is 108 Å². The molecule has 1 saturated carbocycles. The lowest BCUT2D eigenvalue weighted by Crippen LogP contribution is -2.41. The fourth-order valence-corrected chi connectivity index (χ4v) is 2.09. The number of carbonyl (C=O) groups is 1. The molecule has 0 aromatic heterocycles. The lowest BCUT2D eigenvalue weighted by Gasteiger charge is -2.22. The van der Waals surface area contributed by atoms with Gasteiger partial charge in [0.05, 0.1) is 6.04 Å². The highest BCUT2D eigenvalue weighted by molar-refractivity contribution is 6.09.